The van der Waals surface area contributed by atoms with Crippen LogP contribution in [-0.4, -0.2) is 17.5 Å². The summed E-state index contributed by atoms with van der Waals surface area (Å²) in [4.78, 5) is 10.7. The highest BCUT2D eigenvalue weighted by molar-refractivity contribution is 9.10. The number of benzene rings is 1. The van der Waals surface area contributed by atoms with Gasteiger partial charge in [-0.2, -0.15) is 0 Å². The maximum Gasteiger partial charge on any atom is 0.196 e. The topological polar surface area (TPSA) is 54.5 Å². The Morgan fingerprint density at radius 3 is 2.70 bits per heavy atom. The number of hydrogen-bond donors (Lipinski definition) is 1. The van der Waals surface area contributed by atoms with E-state index in [4.69, 9.17) is 5.73 Å². The van der Waals surface area contributed by atoms with Gasteiger partial charge >= 0.3 is 0 Å². The Labute approximate surface area is 126 Å². The Morgan fingerprint density at radius 2 is 2.00 bits per heavy atom. The fourth-order valence-corrected chi connectivity index (χ4v) is 2.74. The van der Waals surface area contributed by atoms with Crippen LogP contribution in [0.5, 0.6) is 0 Å². The predicted octanol–water partition coefficient (Wildman–Crippen LogP) is 3.03. The minimum Gasteiger partial charge on any atom is -0.369 e. The number of aryl methyl sites for hydroxylation is 1. The molecule has 0 amide bonds. The van der Waals surface area contributed by atoms with Gasteiger partial charge in [0.25, 0.3) is 0 Å². The van der Waals surface area contributed by atoms with Crippen LogP contribution in [0.15, 0.2) is 52.2 Å². The number of nitrogens with two attached hydrogens (primary N) is 1. The van der Waals surface area contributed by atoms with Gasteiger partial charge in [-0.1, -0.05) is 15.9 Å². The summed E-state index contributed by atoms with van der Waals surface area (Å²) in [6.07, 6.45) is 3.71. The lowest BCUT2D eigenvalue weighted by Crippen LogP contribution is -2.36. The molecule has 0 aliphatic carbocycles. The highest BCUT2D eigenvalue weighted by Gasteiger charge is 2.29. The number of rotatable bonds is 2. The van der Waals surface area contributed by atoms with E-state index in [1.165, 1.54) is 11.1 Å². The van der Waals surface area contributed by atoms with Gasteiger partial charge in [0.15, 0.2) is 5.96 Å². The van der Waals surface area contributed by atoms with E-state index < -0.39 is 0 Å². The minimum absolute atomic E-state index is 0.116. The van der Waals surface area contributed by atoms with Gasteiger partial charge in [-0.05, 0) is 48.4 Å². The molecule has 0 saturated heterocycles. The molecular formula is C15H15BrN4. The Hall–Kier alpha value is -1.88. The maximum absolute atomic E-state index is 6.07. The SMILES string of the molecule is Cc1ccncc1C1CN=C(N)N1c1ccc(Br)cc1. The van der Waals surface area contributed by atoms with Gasteiger partial charge in [0.1, 0.15) is 0 Å². The van der Waals surface area contributed by atoms with Crippen molar-refractivity contribution in [3.8, 4) is 0 Å². The largest absolute Gasteiger partial charge is 0.369 e. The van der Waals surface area contributed by atoms with Crippen LogP contribution < -0.4 is 10.6 Å². The number of aliphatic imine (C=N–C) groups is 1. The normalized spacial score (nSPS) is 18.2. The van der Waals surface area contributed by atoms with Crippen LogP contribution in [0, 0.1) is 6.92 Å². The second-order valence-electron chi connectivity index (χ2n) is 4.79. The van der Waals surface area contributed by atoms with Crippen molar-refractivity contribution in [3.63, 3.8) is 0 Å². The first kappa shape index (κ1) is 13.1. The summed E-state index contributed by atoms with van der Waals surface area (Å²) in [6, 6.07) is 10.2. The fraction of sp³-hybridized carbons (Fsp3) is 0.200. The molecule has 4 nitrogen and oxygen atoms in total. The predicted molar refractivity (Wildman–Crippen MR) is 84.8 cm³/mol. The van der Waals surface area contributed by atoms with E-state index >= 15 is 0 Å². The molecule has 1 unspecified atom stereocenters. The average Bonchev–Trinajstić information content (AvgIpc) is 2.82. The summed E-state index contributed by atoms with van der Waals surface area (Å²) < 4.78 is 1.05. The van der Waals surface area contributed by atoms with Crippen molar-refractivity contribution in [1.82, 2.24) is 4.98 Å². The second-order valence-corrected chi connectivity index (χ2v) is 5.71. The van der Waals surface area contributed by atoms with Gasteiger partial charge in [-0.15, -0.1) is 0 Å². The van der Waals surface area contributed by atoms with Gasteiger partial charge in [0.2, 0.25) is 0 Å². The molecule has 3 rings (SSSR count). The van der Waals surface area contributed by atoms with Crippen molar-refractivity contribution < 1.29 is 0 Å². The number of anilines is 1. The molecule has 102 valence electrons. The van der Waals surface area contributed by atoms with Crippen LogP contribution in [-0.2, 0) is 0 Å². The van der Waals surface area contributed by atoms with Crippen molar-refractivity contribution in [2.75, 3.05) is 11.4 Å². The van der Waals surface area contributed by atoms with Crippen molar-refractivity contribution in [2.24, 2.45) is 10.7 Å². The molecule has 2 heterocycles. The fourth-order valence-electron chi connectivity index (χ4n) is 2.47. The number of aromatic nitrogens is 1. The molecule has 1 aromatic heterocycles. The Kier molecular flexibility index (Phi) is 3.44. The van der Waals surface area contributed by atoms with E-state index in [2.05, 4.69) is 37.7 Å². The van der Waals surface area contributed by atoms with Crippen molar-refractivity contribution in [1.29, 1.82) is 0 Å². The third-order valence-electron chi connectivity index (χ3n) is 3.53. The van der Waals surface area contributed by atoms with Crippen LogP contribution in [0.4, 0.5) is 5.69 Å². The molecule has 20 heavy (non-hydrogen) atoms. The lowest BCUT2D eigenvalue weighted by atomic mass is 10.0. The average molecular weight is 331 g/mol. The highest BCUT2D eigenvalue weighted by Crippen LogP contribution is 2.32. The van der Waals surface area contributed by atoms with Crippen LogP contribution in [0.2, 0.25) is 0 Å². The molecule has 1 aliphatic heterocycles. The molecule has 0 spiro atoms. The van der Waals surface area contributed by atoms with Gasteiger partial charge in [0.05, 0.1) is 12.6 Å². The minimum atomic E-state index is 0.116. The van der Waals surface area contributed by atoms with Crippen LogP contribution in [0.3, 0.4) is 0 Å². The van der Waals surface area contributed by atoms with Crippen LogP contribution in [0.25, 0.3) is 0 Å². The first-order valence-corrected chi connectivity index (χ1v) is 7.21. The molecule has 5 heteroatoms. The third-order valence-corrected chi connectivity index (χ3v) is 4.06. The zero-order valence-electron chi connectivity index (χ0n) is 11.1. The van der Waals surface area contributed by atoms with E-state index in [0.717, 1.165) is 10.2 Å². The lowest BCUT2D eigenvalue weighted by Gasteiger charge is -2.27. The summed E-state index contributed by atoms with van der Waals surface area (Å²) in [5.74, 6) is 0.556. The molecule has 1 aliphatic rings. The van der Waals surface area contributed by atoms with Gasteiger partial charge in [-0.25, -0.2) is 0 Å². The quantitative estimate of drug-likeness (QED) is 0.920. The van der Waals surface area contributed by atoms with E-state index in [1.54, 1.807) is 0 Å². The van der Waals surface area contributed by atoms with E-state index in [-0.39, 0.29) is 6.04 Å². The number of nitrogens with zero attached hydrogens (tertiary/aromatic N) is 3. The standard InChI is InChI=1S/C15H15BrN4/c1-10-6-7-18-8-13(10)14-9-19-15(17)20(14)12-4-2-11(16)3-5-12/h2-8,14H,9H2,1H3,(H2,17,19). The smallest absolute Gasteiger partial charge is 0.196 e. The number of halogens is 1. The molecule has 1 atom stereocenters. The van der Waals surface area contributed by atoms with Gasteiger partial charge < -0.3 is 10.6 Å². The molecule has 0 saturated carbocycles. The monoisotopic (exact) mass is 330 g/mol. The van der Waals surface area contributed by atoms with Crippen molar-refractivity contribution in [3.05, 3.63) is 58.3 Å². The summed E-state index contributed by atoms with van der Waals surface area (Å²) in [7, 11) is 0. The molecule has 2 aromatic rings. The molecule has 0 fully saturated rings. The van der Waals surface area contributed by atoms with Crippen molar-refractivity contribution >= 4 is 27.6 Å². The summed E-state index contributed by atoms with van der Waals surface area (Å²) >= 11 is 3.45. The Morgan fingerprint density at radius 1 is 1.25 bits per heavy atom. The molecule has 0 bridgehead atoms. The lowest BCUT2D eigenvalue weighted by molar-refractivity contribution is 0.757. The third kappa shape index (κ3) is 2.29. The van der Waals surface area contributed by atoms with E-state index in [1.807, 2.05) is 42.7 Å². The van der Waals surface area contributed by atoms with Gasteiger partial charge in [0, 0.05) is 22.6 Å². The number of pyridine rings is 1. The Balaban J connectivity index is 2.01. The highest BCUT2D eigenvalue weighted by atomic mass is 79.9. The maximum atomic E-state index is 6.07. The zero-order valence-corrected chi connectivity index (χ0v) is 12.7. The summed E-state index contributed by atoms with van der Waals surface area (Å²) in [5, 5.41) is 0. The van der Waals surface area contributed by atoms with E-state index in [0.29, 0.717) is 12.5 Å². The number of guanidine groups is 1. The van der Waals surface area contributed by atoms with Gasteiger partial charge in [-0.3, -0.25) is 9.98 Å². The second kappa shape index (κ2) is 5.25. The van der Waals surface area contributed by atoms with Crippen LogP contribution in [0.1, 0.15) is 17.2 Å². The molecule has 1 aromatic carbocycles. The van der Waals surface area contributed by atoms with E-state index in [9.17, 15) is 0 Å². The van der Waals surface area contributed by atoms with Crippen LogP contribution >= 0.6 is 15.9 Å². The molecular weight excluding hydrogens is 316 g/mol. The summed E-state index contributed by atoms with van der Waals surface area (Å²) in [5.41, 5.74) is 9.48. The Bertz CT molecular complexity index is 651. The number of hydrogen-bond acceptors (Lipinski definition) is 4. The molecule has 2 N–H and O–H groups in total. The first-order valence-electron chi connectivity index (χ1n) is 6.42. The zero-order chi connectivity index (χ0) is 14.1. The first-order chi connectivity index (χ1) is 9.66. The van der Waals surface area contributed by atoms with Crippen molar-refractivity contribution in [2.45, 2.75) is 13.0 Å². The molecule has 0 radical (unpaired) electrons. The summed E-state index contributed by atoms with van der Waals surface area (Å²) in [6.45, 7) is 2.75.